The zero-order chi connectivity index (χ0) is 13.7. The van der Waals surface area contributed by atoms with Crippen molar-refractivity contribution in [3.05, 3.63) is 0 Å². The zero-order valence-electron chi connectivity index (χ0n) is 12.5. The molecule has 4 rings (SSSR count). The van der Waals surface area contributed by atoms with Crippen LogP contribution in [0.5, 0.6) is 0 Å². The first-order chi connectivity index (χ1) is 9.00. The highest BCUT2D eigenvalue weighted by Gasteiger charge is 2.59. The molecule has 0 aromatic carbocycles. The van der Waals surface area contributed by atoms with Crippen LogP contribution in [-0.2, 0) is 4.79 Å². The van der Waals surface area contributed by atoms with Crippen molar-refractivity contribution in [2.45, 2.75) is 52.4 Å². The molecule has 4 saturated carbocycles. The zero-order valence-corrected chi connectivity index (χ0v) is 12.5. The Morgan fingerprint density at radius 1 is 1.26 bits per heavy atom. The van der Waals surface area contributed by atoms with Crippen LogP contribution in [0.2, 0.25) is 0 Å². The maximum Gasteiger partial charge on any atom is 0.228 e. The van der Waals surface area contributed by atoms with Crippen LogP contribution in [0.25, 0.3) is 0 Å². The van der Waals surface area contributed by atoms with Crippen molar-refractivity contribution in [2.75, 3.05) is 19.6 Å². The van der Waals surface area contributed by atoms with Gasteiger partial charge in [-0.2, -0.15) is 0 Å². The number of nitrogens with zero attached hydrogens (tertiary/aromatic N) is 1. The molecule has 4 bridgehead atoms. The van der Waals surface area contributed by atoms with Gasteiger partial charge in [0.2, 0.25) is 5.91 Å². The number of hydrogen-bond acceptors (Lipinski definition) is 2. The number of carbonyl (C=O) groups excluding carboxylic acids is 1. The molecule has 3 heteroatoms. The third kappa shape index (κ3) is 2.10. The Kier molecular flexibility index (Phi) is 3.16. The Balaban J connectivity index is 1.85. The summed E-state index contributed by atoms with van der Waals surface area (Å²) in [6.45, 7) is 6.62. The lowest BCUT2D eigenvalue weighted by Gasteiger charge is -2.61. The number of nitrogens with two attached hydrogens (primary N) is 1. The minimum atomic E-state index is -0.0238. The van der Waals surface area contributed by atoms with Gasteiger partial charge in [-0.1, -0.05) is 6.92 Å². The number of carbonyl (C=O) groups is 1. The molecule has 3 nitrogen and oxygen atoms in total. The van der Waals surface area contributed by atoms with E-state index in [4.69, 9.17) is 5.73 Å². The fourth-order valence-electron chi connectivity index (χ4n) is 5.87. The molecule has 0 saturated heterocycles. The van der Waals surface area contributed by atoms with Gasteiger partial charge in [-0.15, -0.1) is 0 Å². The van der Waals surface area contributed by atoms with Crippen LogP contribution in [0.3, 0.4) is 0 Å². The van der Waals surface area contributed by atoms with Gasteiger partial charge in [-0.3, -0.25) is 4.79 Å². The smallest absolute Gasteiger partial charge is 0.228 e. The summed E-state index contributed by atoms with van der Waals surface area (Å²) < 4.78 is 0. The second-order valence-corrected chi connectivity index (χ2v) is 7.73. The van der Waals surface area contributed by atoms with Crippen LogP contribution in [0, 0.1) is 22.7 Å². The lowest BCUT2D eigenvalue weighted by atomic mass is 9.44. The van der Waals surface area contributed by atoms with Crippen molar-refractivity contribution in [3.8, 4) is 0 Å². The van der Waals surface area contributed by atoms with Gasteiger partial charge >= 0.3 is 0 Å². The van der Waals surface area contributed by atoms with E-state index in [9.17, 15) is 4.79 Å². The number of amides is 1. The lowest BCUT2D eigenvalue weighted by molar-refractivity contribution is -0.165. The van der Waals surface area contributed by atoms with Crippen LogP contribution in [0.1, 0.15) is 52.4 Å². The van der Waals surface area contributed by atoms with E-state index in [0.717, 1.165) is 44.2 Å². The highest BCUT2D eigenvalue weighted by molar-refractivity contribution is 5.83. The van der Waals surface area contributed by atoms with E-state index in [0.29, 0.717) is 17.9 Å². The molecule has 0 aromatic heterocycles. The predicted octanol–water partition coefficient (Wildman–Crippen LogP) is 2.40. The minimum absolute atomic E-state index is 0.0238. The molecule has 0 spiro atoms. The van der Waals surface area contributed by atoms with Crippen LogP contribution < -0.4 is 5.73 Å². The first kappa shape index (κ1) is 13.4. The molecular formula is C16H28N2O. The van der Waals surface area contributed by atoms with Gasteiger partial charge in [0.05, 0.1) is 5.41 Å². The van der Waals surface area contributed by atoms with Crippen molar-refractivity contribution in [2.24, 2.45) is 28.4 Å². The molecule has 1 amide bonds. The summed E-state index contributed by atoms with van der Waals surface area (Å²) in [5.74, 6) is 2.04. The Morgan fingerprint density at radius 2 is 1.89 bits per heavy atom. The van der Waals surface area contributed by atoms with E-state index < -0.39 is 0 Å². The van der Waals surface area contributed by atoms with Gasteiger partial charge in [0.15, 0.2) is 0 Å². The summed E-state index contributed by atoms with van der Waals surface area (Å²) in [4.78, 5) is 15.0. The molecule has 0 heterocycles. The summed E-state index contributed by atoms with van der Waals surface area (Å²) in [6, 6.07) is 0. The van der Waals surface area contributed by atoms with Gasteiger partial charge < -0.3 is 10.6 Å². The molecule has 2 atom stereocenters. The predicted molar refractivity (Wildman–Crippen MR) is 76.5 cm³/mol. The Morgan fingerprint density at radius 3 is 2.37 bits per heavy atom. The summed E-state index contributed by atoms with van der Waals surface area (Å²) in [6.07, 6.45) is 7.54. The monoisotopic (exact) mass is 264 g/mol. The van der Waals surface area contributed by atoms with Gasteiger partial charge in [-0.25, -0.2) is 0 Å². The molecule has 0 radical (unpaired) electrons. The van der Waals surface area contributed by atoms with Crippen LogP contribution >= 0.6 is 0 Å². The van der Waals surface area contributed by atoms with Crippen molar-refractivity contribution in [1.82, 2.24) is 4.90 Å². The van der Waals surface area contributed by atoms with Gasteiger partial charge in [0.1, 0.15) is 0 Å². The molecule has 4 aliphatic carbocycles. The average Bonchev–Trinajstić information content (AvgIpc) is 2.32. The highest BCUT2D eigenvalue weighted by Crippen LogP contribution is 2.65. The van der Waals surface area contributed by atoms with E-state index in [1.54, 1.807) is 0 Å². The van der Waals surface area contributed by atoms with E-state index in [-0.39, 0.29) is 5.41 Å². The molecule has 0 aliphatic heterocycles. The fraction of sp³-hybridized carbons (Fsp3) is 0.938. The molecule has 2 unspecified atom stereocenters. The highest BCUT2D eigenvalue weighted by atomic mass is 16.2. The molecule has 4 fully saturated rings. The maximum absolute atomic E-state index is 13.0. The van der Waals surface area contributed by atoms with E-state index in [1.165, 1.54) is 19.3 Å². The Labute approximate surface area is 116 Å². The molecular weight excluding hydrogens is 236 g/mol. The van der Waals surface area contributed by atoms with Gasteiger partial charge in [-0.05, 0) is 62.7 Å². The molecule has 0 aromatic rings. The average molecular weight is 264 g/mol. The quantitative estimate of drug-likeness (QED) is 0.847. The number of likely N-dealkylation sites (N-methyl/N-ethyl adjacent to an activating group) is 1. The van der Waals surface area contributed by atoms with Gasteiger partial charge in [0.25, 0.3) is 0 Å². The lowest BCUT2D eigenvalue weighted by Crippen LogP contribution is -2.57. The SMILES string of the molecule is CCN(CCN)C(=O)C12CC3CC(CC(C)(C3)C1)C2. The first-order valence-corrected chi connectivity index (χ1v) is 8.00. The van der Waals surface area contributed by atoms with Crippen molar-refractivity contribution in [3.63, 3.8) is 0 Å². The Bertz CT molecular complexity index is 365. The number of rotatable bonds is 4. The Hall–Kier alpha value is -0.570. The van der Waals surface area contributed by atoms with E-state index in [2.05, 4.69) is 13.8 Å². The van der Waals surface area contributed by atoms with Gasteiger partial charge in [0, 0.05) is 19.6 Å². The van der Waals surface area contributed by atoms with Crippen molar-refractivity contribution in [1.29, 1.82) is 0 Å². The van der Waals surface area contributed by atoms with Crippen LogP contribution in [0.4, 0.5) is 0 Å². The minimum Gasteiger partial charge on any atom is -0.341 e. The summed E-state index contributed by atoms with van der Waals surface area (Å²) in [5.41, 5.74) is 6.09. The summed E-state index contributed by atoms with van der Waals surface area (Å²) in [7, 11) is 0. The van der Waals surface area contributed by atoms with Crippen LogP contribution in [-0.4, -0.2) is 30.4 Å². The first-order valence-electron chi connectivity index (χ1n) is 8.00. The standard InChI is InChI=1S/C16H28N2O/c1-3-18(5-4-17)14(19)16-9-12-6-13(10-16)8-15(2,7-12)11-16/h12-13H,3-11,17H2,1-2H3. The fourth-order valence-corrected chi connectivity index (χ4v) is 5.87. The third-order valence-electron chi connectivity index (χ3n) is 5.88. The second kappa shape index (κ2) is 4.47. The third-order valence-corrected chi connectivity index (χ3v) is 5.88. The molecule has 4 aliphatic rings. The normalized spacial score (nSPS) is 43.5. The molecule has 108 valence electrons. The maximum atomic E-state index is 13.0. The second-order valence-electron chi connectivity index (χ2n) is 7.73. The number of hydrogen-bond donors (Lipinski definition) is 1. The van der Waals surface area contributed by atoms with Crippen molar-refractivity contribution < 1.29 is 4.79 Å². The van der Waals surface area contributed by atoms with E-state index in [1.807, 2.05) is 4.90 Å². The largest absolute Gasteiger partial charge is 0.341 e. The van der Waals surface area contributed by atoms with E-state index >= 15 is 0 Å². The topological polar surface area (TPSA) is 46.3 Å². The summed E-state index contributed by atoms with van der Waals surface area (Å²) in [5, 5.41) is 0. The van der Waals surface area contributed by atoms with Crippen molar-refractivity contribution >= 4 is 5.91 Å². The van der Waals surface area contributed by atoms with Crippen LogP contribution in [0.15, 0.2) is 0 Å². The molecule has 2 N–H and O–H groups in total. The summed E-state index contributed by atoms with van der Waals surface area (Å²) >= 11 is 0. The molecule has 19 heavy (non-hydrogen) atoms.